The van der Waals surface area contributed by atoms with Gasteiger partial charge in [-0.2, -0.15) is 5.26 Å². The van der Waals surface area contributed by atoms with Gasteiger partial charge in [0.25, 0.3) is 0 Å². The molecule has 9 aromatic carbocycles. The van der Waals surface area contributed by atoms with E-state index >= 15 is 0 Å². The van der Waals surface area contributed by atoms with Crippen molar-refractivity contribution < 1.29 is 0 Å². The van der Waals surface area contributed by atoms with Gasteiger partial charge in [0, 0.05) is 33.0 Å². The van der Waals surface area contributed by atoms with Crippen molar-refractivity contribution in [3.8, 4) is 90.2 Å². The Morgan fingerprint density at radius 2 is 0.714 bits per heavy atom. The zero-order valence-electron chi connectivity index (χ0n) is 34.2. The summed E-state index contributed by atoms with van der Waals surface area (Å²) in [6.45, 7) is 0. The molecule has 0 aliphatic rings. The van der Waals surface area contributed by atoms with Crippen molar-refractivity contribution in [3.05, 3.63) is 236 Å². The zero-order chi connectivity index (χ0) is 42.1. The van der Waals surface area contributed by atoms with Crippen molar-refractivity contribution in [3.63, 3.8) is 0 Å². The van der Waals surface area contributed by atoms with Crippen molar-refractivity contribution in [1.29, 1.82) is 5.26 Å². The molecule has 294 valence electrons. The molecule has 4 heteroatoms. The summed E-state index contributed by atoms with van der Waals surface area (Å²) in [6, 6.07) is 82.9. The number of nitriles is 1. The molecule has 0 bridgehead atoms. The molecule has 0 amide bonds. The van der Waals surface area contributed by atoms with Crippen molar-refractivity contribution in [2.24, 2.45) is 0 Å². The second kappa shape index (κ2) is 16.1. The van der Waals surface area contributed by atoms with Gasteiger partial charge in [0.1, 0.15) is 11.6 Å². The maximum Gasteiger partial charge on any atom is 0.161 e. The van der Waals surface area contributed by atoms with Crippen LogP contribution < -0.4 is 0 Å². The van der Waals surface area contributed by atoms with Crippen LogP contribution >= 0.6 is 0 Å². The molecule has 11 rings (SSSR count). The summed E-state index contributed by atoms with van der Waals surface area (Å²) < 4.78 is 2.41. The van der Waals surface area contributed by atoms with Gasteiger partial charge in [0.05, 0.1) is 28.1 Å². The summed E-state index contributed by atoms with van der Waals surface area (Å²) in [5.41, 5.74) is 16.2. The van der Waals surface area contributed by atoms with Crippen LogP contribution in [0.1, 0.15) is 5.56 Å². The van der Waals surface area contributed by atoms with Gasteiger partial charge >= 0.3 is 0 Å². The second-order valence-corrected chi connectivity index (χ2v) is 15.6. The first-order valence-electron chi connectivity index (χ1n) is 21.1. The molecule has 0 spiro atoms. The molecule has 11 aromatic rings. The fourth-order valence-corrected chi connectivity index (χ4v) is 8.86. The summed E-state index contributed by atoms with van der Waals surface area (Å²) >= 11 is 0. The van der Waals surface area contributed by atoms with E-state index in [0.29, 0.717) is 22.8 Å². The van der Waals surface area contributed by atoms with Crippen LogP contribution in [0, 0.1) is 11.3 Å². The highest BCUT2D eigenvalue weighted by atomic mass is 15.0. The van der Waals surface area contributed by atoms with Crippen LogP contribution in [0.15, 0.2) is 231 Å². The zero-order valence-corrected chi connectivity index (χ0v) is 34.2. The monoisotopic (exact) mass is 802 g/mol. The minimum absolute atomic E-state index is 0.435. The highest BCUT2D eigenvalue weighted by Crippen LogP contribution is 2.44. The Morgan fingerprint density at radius 3 is 1.13 bits per heavy atom. The third kappa shape index (κ3) is 6.85. The minimum Gasteiger partial charge on any atom is -0.309 e. The van der Waals surface area contributed by atoms with Crippen LogP contribution in [0.4, 0.5) is 0 Å². The average Bonchev–Trinajstić information content (AvgIpc) is 3.70. The number of hydrogen-bond acceptors (Lipinski definition) is 3. The number of nitrogens with zero attached hydrogens (tertiary/aromatic N) is 4. The quantitative estimate of drug-likeness (QED) is 0.154. The summed E-state index contributed by atoms with van der Waals surface area (Å²) in [5.74, 6) is 0.532. The van der Waals surface area contributed by atoms with Gasteiger partial charge in [-0.25, -0.2) is 9.97 Å². The molecule has 0 N–H and O–H groups in total. The van der Waals surface area contributed by atoms with Crippen LogP contribution in [0.3, 0.4) is 0 Å². The van der Waals surface area contributed by atoms with E-state index in [1.165, 1.54) is 11.1 Å². The summed E-state index contributed by atoms with van der Waals surface area (Å²) in [5, 5.41) is 13.1. The van der Waals surface area contributed by atoms with Gasteiger partial charge in [0.2, 0.25) is 0 Å². The molecular weight excluding hydrogens is 765 g/mol. The summed E-state index contributed by atoms with van der Waals surface area (Å²) in [7, 11) is 0. The lowest BCUT2D eigenvalue weighted by Crippen LogP contribution is -2.04. The van der Waals surface area contributed by atoms with Crippen LogP contribution in [0.2, 0.25) is 0 Å². The molecule has 0 aliphatic heterocycles. The Labute approximate surface area is 366 Å². The normalized spacial score (nSPS) is 11.2. The van der Waals surface area contributed by atoms with E-state index in [9.17, 15) is 5.26 Å². The lowest BCUT2D eigenvalue weighted by molar-refractivity contribution is 1.15. The minimum atomic E-state index is 0.435. The van der Waals surface area contributed by atoms with Crippen LogP contribution in [-0.2, 0) is 0 Å². The molecule has 63 heavy (non-hydrogen) atoms. The van der Waals surface area contributed by atoms with Gasteiger partial charge in [0.15, 0.2) is 5.82 Å². The van der Waals surface area contributed by atoms with Crippen molar-refractivity contribution in [1.82, 2.24) is 14.5 Å². The summed E-state index contributed by atoms with van der Waals surface area (Å²) in [6.07, 6.45) is 0. The molecule has 2 heterocycles. The van der Waals surface area contributed by atoms with Gasteiger partial charge in [-0.15, -0.1) is 0 Å². The third-order valence-corrected chi connectivity index (χ3v) is 11.9. The molecule has 0 aliphatic carbocycles. The molecular formula is C59H38N4. The average molecular weight is 803 g/mol. The molecule has 0 unspecified atom stereocenters. The first kappa shape index (κ1) is 37.4. The fraction of sp³-hybridized carbons (Fsp3) is 0. The van der Waals surface area contributed by atoms with Crippen molar-refractivity contribution in [2.75, 3.05) is 0 Å². The van der Waals surface area contributed by atoms with Crippen LogP contribution in [-0.4, -0.2) is 14.5 Å². The van der Waals surface area contributed by atoms with Gasteiger partial charge < -0.3 is 4.57 Å². The smallest absolute Gasteiger partial charge is 0.161 e. The SMILES string of the molecule is N#Cc1c(-c2ccccc2)nc(-c2cc(-n3c4ccc(-c5ccccc5)cc4c4cc(-c5ccccc5)ccc43)c(-c3ccccc3)cc2-c2ccccc2)nc1-c1ccccc1. The van der Waals surface area contributed by atoms with Gasteiger partial charge in [-0.05, 0) is 75.3 Å². The first-order chi connectivity index (χ1) is 31.2. The number of rotatable bonds is 8. The molecule has 0 radical (unpaired) electrons. The molecule has 0 saturated carbocycles. The molecule has 0 saturated heterocycles. The highest BCUT2D eigenvalue weighted by molar-refractivity contribution is 6.12. The van der Waals surface area contributed by atoms with E-state index < -0.39 is 0 Å². The molecule has 0 fully saturated rings. The van der Waals surface area contributed by atoms with Gasteiger partial charge in [-0.3, -0.25) is 0 Å². The van der Waals surface area contributed by atoms with E-state index in [1.807, 2.05) is 66.7 Å². The largest absolute Gasteiger partial charge is 0.309 e. The van der Waals surface area contributed by atoms with Crippen molar-refractivity contribution >= 4 is 21.8 Å². The molecule has 2 aromatic heterocycles. The lowest BCUT2D eigenvalue weighted by atomic mass is 9.91. The summed E-state index contributed by atoms with van der Waals surface area (Å²) in [4.78, 5) is 10.7. The topological polar surface area (TPSA) is 54.5 Å². The Kier molecular flexibility index (Phi) is 9.54. The second-order valence-electron chi connectivity index (χ2n) is 15.6. The Morgan fingerprint density at radius 1 is 0.333 bits per heavy atom. The highest BCUT2D eigenvalue weighted by Gasteiger charge is 2.24. The number of benzene rings is 9. The molecule has 0 atom stereocenters. The Hall–Kier alpha value is -8.65. The first-order valence-corrected chi connectivity index (χ1v) is 21.1. The van der Waals surface area contributed by atoms with E-state index in [1.54, 1.807) is 0 Å². The number of aromatic nitrogens is 3. The molecule has 4 nitrogen and oxygen atoms in total. The third-order valence-electron chi connectivity index (χ3n) is 11.9. The van der Waals surface area contributed by atoms with Crippen LogP contribution in [0.5, 0.6) is 0 Å². The predicted molar refractivity (Wildman–Crippen MR) is 259 cm³/mol. The maximum atomic E-state index is 10.8. The standard InChI is InChI=1S/C59H38N4/c60-39-53-57(44-27-15-5-16-28-44)61-59(62-58(53)45-29-17-6-18-30-45)52-38-56(49(43-25-13-4-14-26-43)37-48(52)42-23-11-3-12-24-42)63-54-33-31-46(40-19-7-1-8-20-40)35-50(54)51-36-47(32-34-55(51)63)41-21-9-2-10-22-41/h1-38H. The predicted octanol–water partition coefficient (Wildman–Crippen LogP) is 15.1. The maximum absolute atomic E-state index is 10.8. The number of hydrogen-bond donors (Lipinski definition) is 0. The van der Waals surface area contributed by atoms with E-state index in [2.05, 4.69) is 174 Å². The van der Waals surface area contributed by atoms with Crippen LogP contribution in [0.25, 0.3) is 106 Å². The fourth-order valence-electron chi connectivity index (χ4n) is 8.86. The number of fused-ring (bicyclic) bond motifs is 3. The lowest BCUT2D eigenvalue weighted by Gasteiger charge is -2.20. The van der Waals surface area contributed by atoms with Gasteiger partial charge in [-0.1, -0.05) is 194 Å². The Balaban J connectivity index is 1.26. The Bertz CT molecular complexity index is 3310. The van der Waals surface area contributed by atoms with Crippen molar-refractivity contribution in [2.45, 2.75) is 0 Å². The van der Waals surface area contributed by atoms with E-state index in [4.69, 9.17) is 9.97 Å². The van der Waals surface area contributed by atoms with E-state index in [0.717, 1.165) is 77.6 Å². The van der Waals surface area contributed by atoms with E-state index in [-0.39, 0.29) is 0 Å².